The highest BCUT2D eigenvalue weighted by molar-refractivity contribution is 5.89. The normalized spacial score (nSPS) is 26.2. The van der Waals surface area contributed by atoms with Crippen LogP contribution in [0.5, 0.6) is 0 Å². The van der Waals surface area contributed by atoms with Crippen LogP contribution in [0, 0.1) is 0 Å². The molecule has 2 atom stereocenters. The van der Waals surface area contributed by atoms with Crippen molar-refractivity contribution < 1.29 is 9.21 Å². The van der Waals surface area contributed by atoms with E-state index in [0.29, 0.717) is 12.1 Å². The Balaban J connectivity index is 1.32. The maximum atomic E-state index is 12.2. The Labute approximate surface area is 142 Å². The van der Waals surface area contributed by atoms with Gasteiger partial charge >= 0.3 is 6.03 Å². The summed E-state index contributed by atoms with van der Waals surface area (Å²) in [6.45, 7) is 0.880. The Morgan fingerprint density at radius 2 is 1.83 bits per heavy atom. The van der Waals surface area contributed by atoms with E-state index in [0.717, 1.165) is 30.8 Å². The first kappa shape index (κ1) is 15.3. The number of rotatable bonds is 4. The quantitative estimate of drug-likeness (QED) is 0.903. The summed E-state index contributed by atoms with van der Waals surface area (Å²) in [6, 6.07) is 14.8. The lowest BCUT2D eigenvalue weighted by atomic mass is 9.97. The third-order valence-corrected chi connectivity index (χ3v) is 5.17. The fraction of sp³-hybridized carbons (Fsp3) is 0.421. The number of nitrogens with one attached hydrogen (secondary N) is 2. The number of fused-ring (bicyclic) bond motifs is 2. The minimum absolute atomic E-state index is 0.106. The molecule has 2 bridgehead atoms. The fourth-order valence-corrected chi connectivity index (χ4v) is 4.11. The SMILES string of the molecule is O=C(Nc1ccccc1)NC1CC2CCC(C1)N2Cc1ccco1. The molecule has 2 amide bonds. The van der Waals surface area contributed by atoms with Gasteiger partial charge in [0, 0.05) is 23.8 Å². The molecule has 3 heterocycles. The summed E-state index contributed by atoms with van der Waals surface area (Å²) < 4.78 is 5.50. The smallest absolute Gasteiger partial charge is 0.319 e. The first-order valence-electron chi connectivity index (χ1n) is 8.68. The molecule has 0 aliphatic carbocycles. The molecular weight excluding hydrogens is 302 g/mol. The number of para-hydroxylation sites is 1. The molecule has 0 saturated carbocycles. The Kier molecular flexibility index (Phi) is 4.26. The van der Waals surface area contributed by atoms with Crippen molar-refractivity contribution in [3.63, 3.8) is 0 Å². The second-order valence-electron chi connectivity index (χ2n) is 6.77. The van der Waals surface area contributed by atoms with Gasteiger partial charge in [-0.1, -0.05) is 18.2 Å². The number of nitrogens with zero attached hydrogens (tertiary/aromatic N) is 1. The van der Waals surface area contributed by atoms with Crippen LogP contribution in [0.25, 0.3) is 0 Å². The first-order chi connectivity index (χ1) is 11.8. The second kappa shape index (κ2) is 6.69. The minimum Gasteiger partial charge on any atom is -0.468 e. The second-order valence-corrected chi connectivity index (χ2v) is 6.77. The zero-order valence-corrected chi connectivity index (χ0v) is 13.7. The van der Waals surface area contributed by atoms with Crippen LogP contribution in [0.15, 0.2) is 53.1 Å². The predicted octanol–water partition coefficient (Wildman–Crippen LogP) is 3.60. The van der Waals surface area contributed by atoms with E-state index in [4.69, 9.17) is 4.42 Å². The number of benzene rings is 1. The molecule has 2 aromatic rings. The molecule has 1 aromatic carbocycles. The van der Waals surface area contributed by atoms with Gasteiger partial charge in [0.15, 0.2) is 0 Å². The highest BCUT2D eigenvalue weighted by atomic mass is 16.3. The number of urea groups is 1. The van der Waals surface area contributed by atoms with Gasteiger partial charge in [-0.25, -0.2) is 4.79 Å². The number of carbonyl (C=O) groups excluding carboxylic acids is 1. The van der Waals surface area contributed by atoms with Crippen molar-refractivity contribution in [2.75, 3.05) is 5.32 Å². The molecule has 0 spiro atoms. The molecule has 4 rings (SSSR count). The number of carbonyl (C=O) groups is 1. The number of anilines is 1. The molecule has 2 saturated heterocycles. The van der Waals surface area contributed by atoms with E-state index in [1.54, 1.807) is 6.26 Å². The Bertz CT molecular complexity index is 657. The molecule has 2 aliphatic rings. The van der Waals surface area contributed by atoms with Gasteiger partial charge in [0.25, 0.3) is 0 Å². The summed E-state index contributed by atoms with van der Waals surface area (Å²) in [5.41, 5.74) is 0.827. The molecule has 2 unspecified atom stereocenters. The summed E-state index contributed by atoms with van der Waals surface area (Å²) in [7, 11) is 0. The molecule has 2 N–H and O–H groups in total. The van der Waals surface area contributed by atoms with Crippen LogP contribution < -0.4 is 10.6 Å². The van der Waals surface area contributed by atoms with Gasteiger partial charge in [-0.3, -0.25) is 4.90 Å². The number of piperidine rings is 1. The Morgan fingerprint density at radius 1 is 1.08 bits per heavy atom. The summed E-state index contributed by atoms with van der Waals surface area (Å²) in [5.74, 6) is 1.03. The van der Waals surface area contributed by atoms with Crippen molar-refractivity contribution in [1.29, 1.82) is 0 Å². The van der Waals surface area contributed by atoms with Gasteiger partial charge in [-0.05, 0) is 49.9 Å². The van der Waals surface area contributed by atoms with E-state index in [2.05, 4.69) is 15.5 Å². The lowest BCUT2D eigenvalue weighted by Crippen LogP contribution is -2.50. The third kappa shape index (κ3) is 3.31. The molecule has 126 valence electrons. The molecule has 5 nitrogen and oxygen atoms in total. The van der Waals surface area contributed by atoms with Gasteiger partial charge in [0.05, 0.1) is 12.8 Å². The van der Waals surface area contributed by atoms with Crippen LogP contribution in [-0.2, 0) is 6.54 Å². The Hall–Kier alpha value is -2.27. The highest BCUT2D eigenvalue weighted by Gasteiger charge is 2.41. The average Bonchev–Trinajstić information content (AvgIpc) is 3.16. The monoisotopic (exact) mass is 325 g/mol. The van der Waals surface area contributed by atoms with Gasteiger partial charge in [0.1, 0.15) is 5.76 Å². The summed E-state index contributed by atoms with van der Waals surface area (Å²) in [5, 5.41) is 6.06. The van der Waals surface area contributed by atoms with E-state index >= 15 is 0 Å². The van der Waals surface area contributed by atoms with Gasteiger partial charge in [-0.15, -0.1) is 0 Å². The fourth-order valence-electron chi connectivity index (χ4n) is 4.11. The Morgan fingerprint density at radius 3 is 2.50 bits per heavy atom. The first-order valence-corrected chi connectivity index (χ1v) is 8.68. The van der Waals surface area contributed by atoms with Gasteiger partial charge < -0.3 is 15.1 Å². The molecule has 2 fully saturated rings. The van der Waals surface area contributed by atoms with Crippen LogP contribution >= 0.6 is 0 Å². The predicted molar refractivity (Wildman–Crippen MR) is 92.7 cm³/mol. The summed E-state index contributed by atoms with van der Waals surface area (Å²) in [6.07, 6.45) is 6.19. The summed E-state index contributed by atoms with van der Waals surface area (Å²) >= 11 is 0. The molecule has 1 aromatic heterocycles. The lowest BCUT2D eigenvalue weighted by Gasteiger charge is -2.38. The third-order valence-electron chi connectivity index (χ3n) is 5.17. The van der Waals surface area contributed by atoms with E-state index in [9.17, 15) is 4.79 Å². The van der Waals surface area contributed by atoms with Crippen molar-refractivity contribution in [3.05, 3.63) is 54.5 Å². The van der Waals surface area contributed by atoms with Crippen molar-refractivity contribution in [2.24, 2.45) is 0 Å². The average molecular weight is 325 g/mol. The largest absolute Gasteiger partial charge is 0.468 e. The molecule has 5 heteroatoms. The van der Waals surface area contributed by atoms with Gasteiger partial charge in [-0.2, -0.15) is 0 Å². The van der Waals surface area contributed by atoms with Crippen LogP contribution in [-0.4, -0.2) is 29.1 Å². The zero-order chi connectivity index (χ0) is 16.4. The van der Waals surface area contributed by atoms with E-state index in [1.165, 1.54) is 12.8 Å². The number of furan rings is 1. The molecule has 24 heavy (non-hydrogen) atoms. The number of hydrogen-bond acceptors (Lipinski definition) is 3. The molecule has 2 aliphatic heterocycles. The molecule has 0 radical (unpaired) electrons. The van der Waals surface area contributed by atoms with Crippen LogP contribution in [0.2, 0.25) is 0 Å². The maximum absolute atomic E-state index is 12.2. The van der Waals surface area contributed by atoms with Crippen molar-refractivity contribution in [1.82, 2.24) is 10.2 Å². The van der Waals surface area contributed by atoms with Crippen LogP contribution in [0.4, 0.5) is 10.5 Å². The van der Waals surface area contributed by atoms with Crippen molar-refractivity contribution in [2.45, 2.75) is 50.4 Å². The molecular formula is C19H23N3O2. The number of amides is 2. The zero-order valence-electron chi connectivity index (χ0n) is 13.7. The van der Waals surface area contributed by atoms with E-state index < -0.39 is 0 Å². The van der Waals surface area contributed by atoms with Crippen molar-refractivity contribution in [3.8, 4) is 0 Å². The van der Waals surface area contributed by atoms with Crippen LogP contribution in [0.3, 0.4) is 0 Å². The maximum Gasteiger partial charge on any atom is 0.319 e. The summed E-state index contributed by atoms with van der Waals surface area (Å²) in [4.78, 5) is 14.7. The highest BCUT2D eigenvalue weighted by Crippen LogP contribution is 2.36. The van der Waals surface area contributed by atoms with E-state index in [1.807, 2.05) is 42.5 Å². The number of hydrogen-bond donors (Lipinski definition) is 2. The standard InChI is InChI=1S/C19H23N3O2/c23-19(20-14-5-2-1-3-6-14)21-15-11-16-8-9-17(12-15)22(16)13-18-7-4-10-24-18/h1-7,10,15-17H,8-9,11-13H2,(H2,20,21,23). The van der Waals surface area contributed by atoms with E-state index in [-0.39, 0.29) is 12.1 Å². The topological polar surface area (TPSA) is 57.5 Å². The van der Waals surface area contributed by atoms with Crippen LogP contribution in [0.1, 0.15) is 31.4 Å². The lowest BCUT2D eigenvalue weighted by molar-refractivity contribution is 0.104. The minimum atomic E-state index is -0.106. The van der Waals surface area contributed by atoms with Crippen molar-refractivity contribution >= 4 is 11.7 Å². The van der Waals surface area contributed by atoms with Gasteiger partial charge in [0.2, 0.25) is 0 Å².